The van der Waals surface area contributed by atoms with Gasteiger partial charge < -0.3 is 15.4 Å². The van der Waals surface area contributed by atoms with E-state index in [-0.39, 0.29) is 18.1 Å². The number of ether oxygens (including phenoxy) is 1. The van der Waals surface area contributed by atoms with Crippen LogP contribution >= 0.6 is 0 Å². The number of nitrogens with one attached hydrogen (secondary N) is 2. The molecule has 0 radical (unpaired) electrons. The summed E-state index contributed by atoms with van der Waals surface area (Å²) in [6.45, 7) is 8.43. The zero-order valence-electron chi connectivity index (χ0n) is 11.5. The molecular formula is C14H22N2O2. The summed E-state index contributed by atoms with van der Waals surface area (Å²) in [5.41, 5.74) is 1.05. The fourth-order valence-electron chi connectivity index (χ4n) is 1.60. The van der Waals surface area contributed by atoms with Crippen LogP contribution in [0, 0.1) is 0 Å². The highest BCUT2D eigenvalue weighted by atomic mass is 16.5. The molecule has 0 fully saturated rings. The van der Waals surface area contributed by atoms with E-state index >= 15 is 0 Å². The molecule has 2 amide bonds. The van der Waals surface area contributed by atoms with E-state index in [0.29, 0.717) is 6.61 Å². The molecule has 1 rings (SSSR count). The molecule has 0 spiro atoms. The quantitative estimate of drug-likeness (QED) is 0.844. The van der Waals surface area contributed by atoms with Crippen molar-refractivity contribution in [3.05, 3.63) is 29.8 Å². The van der Waals surface area contributed by atoms with Crippen LogP contribution in [-0.2, 0) is 0 Å². The minimum atomic E-state index is -0.147. The number of hydrogen-bond donors (Lipinski definition) is 2. The van der Waals surface area contributed by atoms with Gasteiger partial charge in [0.25, 0.3) is 0 Å². The Labute approximate surface area is 109 Å². The maximum absolute atomic E-state index is 11.6. The van der Waals surface area contributed by atoms with Gasteiger partial charge in [0.15, 0.2) is 0 Å². The van der Waals surface area contributed by atoms with Crippen molar-refractivity contribution < 1.29 is 9.53 Å². The van der Waals surface area contributed by atoms with Gasteiger partial charge in [0, 0.05) is 6.04 Å². The largest absolute Gasteiger partial charge is 0.494 e. The maximum atomic E-state index is 11.6. The Kier molecular flexibility index (Phi) is 5.49. The van der Waals surface area contributed by atoms with Crippen LogP contribution in [0.4, 0.5) is 4.79 Å². The van der Waals surface area contributed by atoms with Crippen LogP contribution in [0.5, 0.6) is 5.75 Å². The molecule has 0 aliphatic heterocycles. The highest BCUT2D eigenvalue weighted by Gasteiger charge is 2.09. The Morgan fingerprint density at radius 2 is 1.78 bits per heavy atom. The molecule has 0 saturated carbocycles. The van der Waals surface area contributed by atoms with E-state index < -0.39 is 0 Å². The van der Waals surface area contributed by atoms with Crippen molar-refractivity contribution >= 4 is 6.03 Å². The number of carbonyl (C=O) groups is 1. The third-order valence-corrected chi connectivity index (χ3v) is 2.46. The molecule has 0 bridgehead atoms. The van der Waals surface area contributed by atoms with E-state index in [0.717, 1.165) is 11.3 Å². The van der Waals surface area contributed by atoms with Gasteiger partial charge in [-0.25, -0.2) is 4.79 Å². The zero-order valence-corrected chi connectivity index (χ0v) is 11.5. The summed E-state index contributed by atoms with van der Waals surface area (Å²) < 4.78 is 5.37. The molecule has 2 N–H and O–H groups in total. The summed E-state index contributed by atoms with van der Waals surface area (Å²) in [6.07, 6.45) is 0. The second-order valence-electron chi connectivity index (χ2n) is 4.50. The van der Waals surface area contributed by atoms with Crippen molar-refractivity contribution in [3.63, 3.8) is 0 Å². The fraction of sp³-hybridized carbons (Fsp3) is 0.500. The highest BCUT2D eigenvalue weighted by Crippen LogP contribution is 2.17. The standard InChI is InChI=1S/C14H22N2O2/c1-5-18-13-8-6-12(7-9-13)11(4)16-14(17)15-10(2)3/h6-11H,5H2,1-4H3,(H2,15,16,17)/t11-/m0/s1. The molecule has 1 atom stereocenters. The van der Waals surface area contributed by atoms with Crippen molar-refractivity contribution in [2.75, 3.05) is 6.61 Å². The van der Waals surface area contributed by atoms with Crippen LogP contribution in [0.15, 0.2) is 24.3 Å². The number of hydrogen-bond acceptors (Lipinski definition) is 2. The average molecular weight is 250 g/mol. The Morgan fingerprint density at radius 3 is 2.28 bits per heavy atom. The van der Waals surface area contributed by atoms with Crippen LogP contribution in [-0.4, -0.2) is 18.7 Å². The number of rotatable bonds is 5. The van der Waals surface area contributed by atoms with E-state index in [2.05, 4.69) is 10.6 Å². The van der Waals surface area contributed by atoms with Crippen LogP contribution in [0.3, 0.4) is 0 Å². The fourth-order valence-corrected chi connectivity index (χ4v) is 1.60. The lowest BCUT2D eigenvalue weighted by Gasteiger charge is -2.16. The maximum Gasteiger partial charge on any atom is 0.315 e. The minimum absolute atomic E-state index is 0.0283. The van der Waals surface area contributed by atoms with Crippen molar-refractivity contribution in [2.45, 2.75) is 39.8 Å². The average Bonchev–Trinajstić information content (AvgIpc) is 2.29. The van der Waals surface area contributed by atoms with E-state index in [1.807, 2.05) is 52.0 Å². The van der Waals surface area contributed by atoms with Gasteiger partial charge in [-0.2, -0.15) is 0 Å². The molecule has 0 aromatic heterocycles. The van der Waals surface area contributed by atoms with Crippen molar-refractivity contribution in [3.8, 4) is 5.75 Å². The topological polar surface area (TPSA) is 50.4 Å². The first-order valence-electron chi connectivity index (χ1n) is 6.32. The van der Waals surface area contributed by atoms with Gasteiger partial charge in [-0.3, -0.25) is 0 Å². The molecule has 1 aromatic carbocycles. The number of amides is 2. The molecule has 100 valence electrons. The first-order chi connectivity index (χ1) is 8.52. The molecule has 0 heterocycles. The first-order valence-corrected chi connectivity index (χ1v) is 6.32. The second-order valence-corrected chi connectivity index (χ2v) is 4.50. The third-order valence-electron chi connectivity index (χ3n) is 2.46. The molecule has 0 aliphatic rings. The molecule has 1 aromatic rings. The monoisotopic (exact) mass is 250 g/mol. The minimum Gasteiger partial charge on any atom is -0.494 e. The predicted octanol–water partition coefficient (Wildman–Crippen LogP) is 2.85. The van der Waals surface area contributed by atoms with E-state index in [1.165, 1.54) is 0 Å². The lowest BCUT2D eigenvalue weighted by Crippen LogP contribution is -2.40. The molecule has 0 aliphatic carbocycles. The van der Waals surface area contributed by atoms with Gasteiger partial charge in [-0.1, -0.05) is 12.1 Å². The van der Waals surface area contributed by atoms with E-state index in [1.54, 1.807) is 0 Å². The first kappa shape index (κ1) is 14.4. The van der Waals surface area contributed by atoms with Crippen molar-refractivity contribution in [1.29, 1.82) is 0 Å². The van der Waals surface area contributed by atoms with Crippen LogP contribution in [0.1, 0.15) is 39.3 Å². The number of carbonyl (C=O) groups excluding carboxylic acids is 1. The van der Waals surface area contributed by atoms with Gasteiger partial charge in [-0.15, -0.1) is 0 Å². The molecule has 0 saturated heterocycles. The SMILES string of the molecule is CCOc1ccc([C@H](C)NC(=O)NC(C)C)cc1. The number of urea groups is 1. The van der Waals surface area contributed by atoms with E-state index in [9.17, 15) is 4.79 Å². The summed E-state index contributed by atoms with van der Waals surface area (Å²) in [5, 5.41) is 5.69. The molecular weight excluding hydrogens is 228 g/mol. The summed E-state index contributed by atoms with van der Waals surface area (Å²) in [5.74, 6) is 0.847. The zero-order chi connectivity index (χ0) is 13.5. The van der Waals surface area contributed by atoms with Gasteiger partial charge in [0.2, 0.25) is 0 Å². The highest BCUT2D eigenvalue weighted by molar-refractivity contribution is 5.74. The molecule has 4 heteroatoms. The Bertz CT molecular complexity index is 374. The molecule has 4 nitrogen and oxygen atoms in total. The summed E-state index contributed by atoms with van der Waals surface area (Å²) in [4.78, 5) is 11.6. The predicted molar refractivity (Wildman–Crippen MR) is 72.8 cm³/mol. The number of benzene rings is 1. The lowest BCUT2D eigenvalue weighted by molar-refractivity contribution is 0.235. The Balaban J connectivity index is 2.55. The Hall–Kier alpha value is -1.71. The van der Waals surface area contributed by atoms with Gasteiger partial charge >= 0.3 is 6.03 Å². The summed E-state index contributed by atoms with van der Waals surface area (Å²) in [7, 11) is 0. The van der Waals surface area contributed by atoms with E-state index in [4.69, 9.17) is 4.74 Å². The van der Waals surface area contributed by atoms with Crippen molar-refractivity contribution in [2.24, 2.45) is 0 Å². The van der Waals surface area contributed by atoms with Gasteiger partial charge in [-0.05, 0) is 45.4 Å². The second kappa shape index (κ2) is 6.89. The molecule has 0 unspecified atom stereocenters. The third kappa shape index (κ3) is 4.65. The van der Waals surface area contributed by atoms with Crippen LogP contribution in [0.2, 0.25) is 0 Å². The van der Waals surface area contributed by atoms with Crippen molar-refractivity contribution in [1.82, 2.24) is 10.6 Å². The summed E-state index contributed by atoms with van der Waals surface area (Å²) in [6, 6.07) is 7.72. The van der Waals surface area contributed by atoms with Crippen LogP contribution in [0.25, 0.3) is 0 Å². The van der Waals surface area contributed by atoms with Crippen LogP contribution < -0.4 is 15.4 Å². The summed E-state index contributed by atoms with van der Waals surface area (Å²) >= 11 is 0. The normalized spacial score (nSPS) is 12.1. The Morgan fingerprint density at radius 1 is 1.17 bits per heavy atom. The van der Waals surface area contributed by atoms with Gasteiger partial charge in [0.1, 0.15) is 5.75 Å². The lowest BCUT2D eigenvalue weighted by atomic mass is 10.1. The smallest absolute Gasteiger partial charge is 0.315 e. The van der Waals surface area contributed by atoms with Gasteiger partial charge in [0.05, 0.1) is 12.6 Å². The molecule has 18 heavy (non-hydrogen) atoms.